The average molecular weight is 449 g/mol. The number of hydrogen-bond donors (Lipinski definition) is 1. The number of nitrogens with zero attached hydrogens (tertiary/aromatic N) is 1. The first kappa shape index (κ1) is 18.1. The SMILES string of the molecule is CC1(C)CC(=[N+]2CCCC2)C=C(Nc2ccc(Cl)cc2)S1.[I-]. The van der Waals surface area contributed by atoms with Crippen LogP contribution in [0.4, 0.5) is 5.69 Å². The Hall–Kier alpha value is -0.200. The summed E-state index contributed by atoms with van der Waals surface area (Å²) in [7, 11) is 0. The summed E-state index contributed by atoms with van der Waals surface area (Å²) in [5, 5.41) is 5.54. The molecule has 2 nitrogen and oxygen atoms in total. The Morgan fingerprint density at radius 3 is 2.41 bits per heavy atom. The van der Waals surface area contributed by atoms with Gasteiger partial charge in [0.05, 0.1) is 5.03 Å². The lowest BCUT2D eigenvalue weighted by Crippen LogP contribution is -3.00. The van der Waals surface area contributed by atoms with Crippen LogP contribution < -0.4 is 29.3 Å². The first-order valence-electron chi connectivity index (χ1n) is 7.56. The van der Waals surface area contributed by atoms with Gasteiger partial charge < -0.3 is 29.3 Å². The van der Waals surface area contributed by atoms with Gasteiger partial charge in [-0.05, 0) is 38.1 Å². The second kappa shape index (κ2) is 7.58. The van der Waals surface area contributed by atoms with E-state index in [0.717, 1.165) is 17.1 Å². The van der Waals surface area contributed by atoms with Crippen molar-refractivity contribution in [2.45, 2.75) is 37.9 Å². The van der Waals surface area contributed by atoms with Gasteiger partial charge in [0.1, 0.15) is 13.1 Å². The Bertz CT molecular complexity index is 585. The molecule has 0 unspecified atom stereocenters. The molecule has 1 aromatic carbocycles. The first-order valence-corrected chi connectivity index (χ1v) is 8.75. The van der Waals surface area contributed by atoms with Crippen LogP contribution in [0.5, 0.6) is 0 Å². The Balaban J connectivity index is 0.00000176. The molecular formula is C17H22ClIN2S. The highest BCUT2D eigenvalue weighted by Crippen LogP contribution is 2.39. The third-order valence-corrected chi connectivity index (χ3v) is 5.30. The summed E-state index contributed by atoms with van der Waals surface area (Å²) in [6, 6.07) is 7.91. The Morgan fingerprint density at radius 2 is 1.77 bits per heavy atom. The van der Waals surface area contributed by atoms with Gasteiger partial charge in [0.25, 0.3) is 0 Å². The summed E-state index contributed by atoms with van der Waals surface area (Å²) in [6.07, 6.45) is 6.12. The molecule has 3 rings (SSSR count). The first-order chi connectivity index (χ1) is 10.0. The summed E-state index contributed by atoms with van der Waals surface area (Å²) in [5.41, 5.74) is 2.57. The lowest BCUT2D eigenvalue weighted by molar-refractivity contribution is -0.506. The maximum atomic E-state index is 5.95. The zero-order valence-corrected chi connectivity index (χ0v) is 16.8. The molecule has 5 heteroatoms. The molecule has 1 N–H and O–H groups in total. The van der Waals surface area contributed by atoms with Gasteiger partial charge in [-0.3, -0.25) is 0 Å². The lowest BCUT2D eigenvalue weighted by Gasteiger charge is -2.29. The van der Waals surface area contributed by atoms with E-state index in [4.69, 9.17) is 11.6 Å². The molecule has 1 saturated heterocycles. The molecule has 120 valence electrons. The van der Waals surface area contributed by atoms with Crippen molar-refractivity contribution in [3.63, 3.8) is 0 Å². The van der Waals surface area contributed by atoms with Crippen LogP contribution in [-0.4, -0.2) is 28.1 Å². The van der Waals surface area contributed by atoms with Crippen LogP contribution in [0, 0.1) is 0 Å². The number of allylic oxidation sites excluding steroid dienone is 1. The molecule has 2 aliphatic rings. The smallest absolute Gasteiger partial charge is 0.180 e. The van der Waals surface area contributed by atoms with Gasteiger partial charge in [0, 0.05) is 40.8 Å². The molecule has 0 aromatic heterocycles. The van der Waals surface area contributed by atoms with Gasteiger partial charge in [-0.2, -0.15) is 0 Å². The van der Waals surface area contributed by atoms with E-state index in [-0.39, 0.29) is 28.7 Å². The minimum atomic E-state index is 0. The average Bonchev–Trinajstić information content (AvgIpc) is 2.94. The standard InChI is InChI=1S/C17H21ClN2S.HI/c1-17(2)12-15(20-9-3-4-10-20)11-16(21-17)19-14-7-5-13(18)6-8-14;/h5-8,11H,3-4,9-10,12H2,1-2H3;1H. The molecule has 1 fully saturated rings. The number of anilines is 1. The van der Waals surface area contributed by atoms with E-state index in [2.05, 4.69) is 29.8 Å². The monoisotopic (exact) mass is 448 g/mol. The largest absolute Gasteiger partial charge is 1.00 e. The van der Waals surface area contributed by atoms with Crippen molar-refractivity contribution in [2.24, 2.45) is 0 Å². The molecule has 1 aromatic rings. The third kappa shape index (κ3) is 4.65. The van der Waals surface area contributed by atoms with Gasteiger partial charge in [-0.1, -0.05) is 11.6 Å². The zero-order chi connectivity index (χ0) is 14.9. The Morgan fingerprint density at radius 1 is 1.14 bits per heavy atom. The maximum Gasteiger partial charge on any atom is 0.180 e. The van der Waals surface area contributed by atoms with Crippen LogP contribution in [0.1, 0.15) is 33.1 Å². The fraction of sp³-hybridized carbons (Fsp3) is 0.471. The van der Waals surface area contributed by atoms with Crippen LogP contribution in [-0.2, 0) is 0 Å². The number of benzene rings is 1. The van der Waals surface area contributed by atoms with Crippen molar-refractivity contribution in [2.75, 3.05) is 18.4 Å². The number of rotatable bonds is 2. The topological polar surface area (TPSA) is 15.0 Å². The molecule has 0 atom stereocenters. The van der Waals surface area contributed by atoms with Crippen molar-refractivity contribution < 1.29 is 28.6 Å². The number of hydrogen-bond acceptors (Lipinski definition) is 2. The van der Waals surface area contributed by atoms with Crippen molar-refractivity contribution in [3.05, 3.63) is 40.4 Å². The van der Waals surface area contributed by atoms with Crippen molar-refractivity contribution in [3.8, 4) is 0 Å². The van der Waals surface area contributed by atoms with E-state index < -0.39 is 0 Å². The van der Waals surface area contributed by atoms with Gasteiger partial charge in [0.15, 0.2) is 5.71 Å². The summed E-state index contributed by atoms with van der Waals surface area (Å²) in [4.78, 5) is 0. The van der Waals surface area contributed by atoms with E-state index in [1.807, 2.05) is 36.0 Å². The fourth-order valence-electron chi connectivity index (χ4n) is 2.95. The Labute approximate surface area is 159 Å². The molecule has 0 radical (unpaired) electrons. The molecule has 0 bridgehead atoms. The minimum absolute atomic E-state index is 0. The zero-order valence-electron chi connectivity index (χ0n) is 13.0. The van der Waals surface area contributed by atoms with Gasteiger partial charge in [-0.25, -0.2) is 4.58 Å². The molecule has 0 aliphatic carbocycles. The van der Waals surface area contributed by atoms with E-state index >= 15 is 0 Å². The van der Waals surface area contributed by atoms with Crippen molar-refractivity contribution >= 4 is 34.8 Å². The van der Waals surface area contributed by atoms with Crippen LogP contribution in [0.15, 0.2) is 35.4 Å². The predicted molar refractivity (Wildman–Crippen MR) is 93.7 cm³/mol. The van der Waals surface area contributed by atoms with E-state index in [0.29, 0.717) is 0 Å². The quantitative estimate of drug-likeness (QED) is 0.548. The molecule has 2 aliphatic heterocycles. The summed E-state index contributed by atoms with van der Waals surface area (Å²) in [5.74, 6) is 0. The highest BCUT2D eigenvalue weighted by Gasteiger charge is 2.32. The highest BCUT2D eigenvalue weighted by atomic mass is 127. The molecule has 2 heterocycles. The number of thioether (sulfide) groups is 1. The van der Waals surface area contributed by atoms with E-state index in [1.54, 1.807) is 0 Å². The summed E-state index contributed by atoms with van der Waals surface area (Å²) in [6.45, 7) is 7.07. The van der Waals surface area contributed by atoms with E-state index in [1.165, 1.54) is 36.7 Å². The van der Waals surface area contributed by atoms with Gasteiger partial charge in [0.2, 0.25) is 0 Å². The maximum absolute atomic E-state index is 5.95. The molecule has 0 spiro atoms. The Kier molecular flexibility index (Phi) is 6.25. The fourth-order valence-corrected chi connectivity index (χ4v) is 4.25. The van der Waals surface area contributed by atoms with Crippen LogP contribution >= 0.6 is 23.4 Å². The van der Waals surface area contributed by atoms with E-state index in [9.17, 15) is 0 Å². The van der Waals surface area contributed by atoms with Crippen LogP contribution in [0.3, 0.4) is 0 Å². The molecule has 22 heavy (non-hydrogen) atoms. The normalized spacial score (nSPS) is 20.4. The lowest BCUT2D eigenvalue weighted by atomic mass is 10.0. The minimum Gasteiger partial charge on any atom is -1.00 e. The predicted octanol–water partition coefficient (Wildman–Crippen LogP) is 1.76. The van der Waals surface area contributed by atoms with Crippen molar-refractivity contribution in [1.29, 1.82) is 0 Å². The molecular weight excluding hydrogens is 427 g/mol. The van der Waals surface area contributed by atoms with Crippen LogP contribution in [0.25, 0.3) is 0 Å². The van der Waals surface area contributed by atoms with Crippen LogP contribution in [0.2, 0.25) is 5.02 Å². The number of nitrogens with one attached hydrogen (secondary N) is 1. The number of halogens is 2. The van der Waals surface area contributed by atoms with Gasteiger partial charge >= 0.3 is 0 Å². The molecule has 0 amide bonds. The van der Waals surface area contributed by atoms with Crippen molar-refractivity contribution in [1.82, 2.24) is 0 Å². The van der Waals surface area contributed by atoms with Gasteiger partial charge in [-0.15, -0.1) is 11.8 Å². The third-order valence-electron chi connectivity index (χ3n) is 3.91. The summed E-state index contributed by atoms with van der Waals surface area (Å²) >= 11 is 7.87. The second-order valence-electron chi connectivity index (χ2n) is 6.36. The molecule has 0 saturated carbocycles. The second-order valence-corrected chi connectivity index (χ2v) is 8.55. The summed E-state index contributed by atoms with van der Waals surface area (Å²) < 4.78 is 2.78. The highest BCUT2D eigenvalue weighted by molar-refractivity contribution is 8.04.